The molecule has 31 heavy (non-hydrogen) atoms. The molecular formula is C23H27N3O4S. The Hall–Kier alpha value is -3.39. The molecule has 0 aromatic heterocycles. The third-order valence-corrected chi connectivity index (χ3v) is 4.27. The number of hydrogen-bond donors (Lipinski definition) is 3. The number of nitrogens with one attached hydrogen (secondary N) is 3. The lowest BCUT2D eigenvalue weighted by atomic mass is 10.1. The van der Waals surface area contributed by atoms with Crippen molar-refractivity contribution >= 4 is 29.1 Å². The summed E-state index contributed by atoms with van der Waals surface area (Å²) in [4.78, 5) is 24.9. The molecule has 2 aromatic rings. The third-order valence-electron chi connectivity index (χ3n) is 4.07. The summed E-state index contributed by atoms with van der Waals surface area (Å²) in [6.07, 6.45) is 2.51. The van der Waals surface area contributed by atoms with E-state index >= 15 is 0 Å². The van der Waals surface area contributed by atoms with Crippen LogP contribution in [0.2, 0.25) is 0 Å². The van der Waals surface area contributed by atoms with Crippen molar-refractivity contribution < 1.29 is 19.1 Å². The van der Waals surface area contributed by atoms with Gasteiger partial charge in [0.25, 0.3) is 11.8 Å². The highest BCUT2D eigenvalue weighted by Crippen LogP contribution is 2.17. The van der Waals surface area contributed by atoms with Crippen LogP contribution in [-0.4, -0.2) is 30.1 Å². The van der Waals surface area contributed by atoms with Crippen LogP contribution < -0.4 is 25.6 Å². The normalized spacial score (nSPS) is 10.2. The fourth-order valence-electron chi connectivity index (χ4n) is 2.46. The van der Waals surface area contributed by atoms with Crippen molar-refractivity contribution in [3.63, 3.8) is 0 Å². The standard InChI is InChI=1S/C23H27N3O4S/c1-4-13-30-20-11-6-5-10-19(20)22(28)25-26-23(31)24-21(27)17-8-7-9-18(15-17)29-14-12-16(2)3/h4-11,15-16H,1,12-14H2,2-3H3,(H,25,28)(H2,24,26,27,31). The number of hydrazine groups is 1. The van der Waals surface area contributed by atoms with E-state index in [2.05, 4.69) is 36.6 Å². The van der Waals surface area contributed by atoms with Crippen molar-refractivity contribution in [2.75, 3.05) is 13.2 Å². The summed E-state index contributed by atoms with van der Waals surface area (Å²) in [5.41, 5.74) is 5.67. The van der Waals surface area contributed by atoms with Crippen molar-refractivity contribution in [1.82, 2.24) is 16.2 Å². The Bertz CT molecular complexity index is 931. The van der Waals surface area contributed by atoms with E-state index < -0.39 is 11.8 Å². The largest absolute Gasteiger partial charge is 0.494 e. The van der Waals surface area contributed by atoms with Crippen LogP contribution in [0.3, 0.4) is 0 Å². The highest BCUT2D eigenvalue weighted by atomic mass is 32.1. The molecule has 2 rings (SSSR count). The first-order valence-electron chi connectivity index (χ1n) is 9.88. The van der Waals surface area contributed by atoms with Crippen LogP contribution in [0.5, 0.6) is 11.5 Å². The first kappa shape index (κ1) is 23.9. The Morgan fingerprint density at radius 3 is 2.58 bits per heavy atom. The summed E-state index contributed by atoms with van der Waals surface area (Å²) in [5, 5.41) is 2.47. The molecule has 0 saturated heterocycles. The van der Waals surface area contributed by atoms with E-state index in [-0.39, 0.29) is 11.7 Å². The van der Waals surface area contributed by atoms with E-state index in [1.165, 1.54) is 0 Å². The average molecular weight is 442 g/mol. The molecule has 2 aromatic carbocycles. The second-order valence-electron chi connectivity index (χ2n) is 7.02. The number of thiocarbonyl (C=S) groups is 1. The van der Waals surface area contributed by atoms with Crippen LogP contribution >= 0.6 is 12.2 Å². The predicted molar refractivity (Wildman–Crippen MR) is 124 cm³/mol. The zero-order chi connectivity index (χ0) is 22.6. The lowest BCUT2D eigenvalue weighted by Gasteiger charge is -2.13. The van der Waals surface area contributed by atoms with Gasteiger partial charge in [0, 0.05) is 5.56 Å². The van der Waals surface area contributed by atoms with Crippen LogP contribution in [-0.2, 0) is 0 Å². The fraction of sp³-hybridized carbons (Fsp3) is 0.261. The number of para-hydroxylation sites is 1. The maximum atomic E-state index is 12.4. The molecule has 164 valence electrons. The van der Waals surface area contributed by atoms with Crippen molar-refractivity contribution in [1.29, 1.82) is 0 Å². The predicted octanol–water partition coefficient (Wildman–Crippen LogP) is 3.63. The van der Waals surface area contributed by atoms with Gasteiger partial charge in [0.2, 0.25) is 0 Å². The number of carbonyl (C=O) groups is 2. The lowest BCUT2D eigenvalue weighted by molar-refractivity contribution is 0.0931. The highest BCUT2D eigenvalue weighted by Gasteiger charge is 2.13. The smallest absolute Gasteiger partial charge is 0.273 e. The molecule has 0 radical (unpaired) electrons. The quantitative estimate of drug-likeness (QED) is 0.313. The molecule has 0 unspecified atom stereocenters. The molecule has 0 spiro atoms. The first-order valence-corrected chi connectivity index (χ1v) is 10.3. The van der Waals surface area contributed by atoms with Crippen LogP contribution in [0.25, 0.3) is 0 Å². The number of benzene rings is 2. The minimum Gasteiger partial charge on any atom is -0.494 e. The number of amides is 2. The van der Waals surface area contributed by atoms with Gasteiger partial charge in [0.05, 0.1) is 12.2 Å². The Morgan fingerprint density at radius 1 is 1.06 bits per heavy atom. The molecular weight excluding hydrogens is 414 g/mol. The Labute approximate surface area is 187 Å². The van der Waals surface area contributed by atoms with Gasteiger partial charge in [0.1, 0.15) is 18.1 Å². The van der Waals surface area contributed by atoms with E-state index in [1.54, 1.807) is 54.6 Å². The molecule has 0 saturated carbocycles. The van der Waals surface area contributed by atoms with Crippen molar-refractivity contribution in [3.8, 4) is 11.5 Å². The average Bonchev–Trinajstić information content (AvgIpc) is 2.76. The minimum atomic E-state index is -0.461. The van der Waals surface area contributed by atoms with Crippen LogP contribution in [0.4, 0.5) is 0 Å². The topological polar surface area (TPSA) is 88.7 Å². The zero-order valence-corrected chi connectivity index (χ0v) is 18.5. The van der Waals surface area contributed by atoms with Crippen LogP contribution in [0.15, 0.2) is 61.2 Å². The summed E-state index contributed by atoms with van der Waals surface area (Å²) >= 11 is 5.10. The van der Waals surface area contributed by atoms with Gasteiger partial charge in [-0.15, -0.1) is 0 Å². The Balaban J connectivity index is 1.88. The molecule has 8 heteroatoms. The lowest BCUT2D eigenvalue weighted by Crippen LogP contribution is -2.48. The Kier molecular flexibility index (Phi) is 9.51. The van der Waals surface area contributed by atoms with Gasteiger partial charge in [0.15, 0.2) is 5.11 Å². The minimum absolute atomic E-state index is 0.0472. The monoisotopic (exact) mass is 441 g/mol. The van der Waals surface area contributed by atoms with E-state index in [1.807, 2.05) is 0 Å². The number of hydrogen-bond acceptors (Lipinski definition) is 5. The van der Waals surface area contributed by atoms with Gasteiger partial charge in [-0.3, -0.25) is 25.8 Å². The summed E-state index contributed by atoms with van der Waals surface area (Å²) in [5.74, 6) is 0.667. The zero-order valence-electron chi connectivity index (χ0n) is 17.6. The van der Waals surface area contributed by atoms with E-state index in [9.17, 15) is 9.59 Å². The third kappa shape index (κ3) is 8.10. The summed E-state index contributed by atoms with van der Waals surface area (Å²) in [6.45, 7) is 8.67. The second-order valence-corrected chi connectivity index (χ2v) is 7.43. The van der Waals surface area contributed by atoms with E-state index in [0.29, 0.717) is 35.2 Å². The number of carbonyl (C=O) groups excluding carboxylic acids is 2. The van der Waals surface area contributed by atoms with Gasteiger partial charge in [-0.25, -0.2) is 0 Å². The molecule has 2 amide bonds. The van der Waals surface area contributed by atoms with Gasteiger partial charge in [-0.05, 0) is 54.9 Å². The number of rotatable bonds is 9. The molecule has 0 aliphatic carbocycles. The highest BCUT2D eigenvalue weighted by molar-refractivity contribution is 7.80. The fourth-order valence-corrected chi connectivity index (χ4v) is 2.60. The van der Waals surface area contributed by atoms with Gasteiger partial charge in [-0.2, -0.15) is 0 Å². The van der Waals surface area contributed by atoms with Crippen molar-refractivity contribution in [2.24, 2.45) is 5.92 Å². The molecule has 0 aliphatic heterocycles. The van der Waals surface area contributed by atoms with Gasteiger partial charge >= 0.3 is 0 Å². The molecule has 0 heterocycles. The molecule has 0 atom stereocenters. The molecule has 0 aliphatic rings. The van der Waals surface area contributed by atoms with Crippen molar-refractivity contribution in [2.45, 2.75) is 20.3 Å². The summed E-state index contributed by atoms with van der Waals surface area (Å²) in [6, 6.07) is 13.6. The number of ether oxygens (including phenoxy) is 2. The second kappa shape index (κ2) is 12.3. The molecule has 7 nitrogen and oxygen atoms in total. The summed E-state index contributed by atoms with van der Waals surface area (Å²) in [7, 11) is 0. The molecule has 0 fully saturated rings. The van der Waals surface area contributed by atoms with E-state index in [4.69, 9.17) is 21.7 Å². The molecule has 0 bridgehead atoms. The van der Waals surface area contributed by atoms with Gasteiger partial charge < -0.3 is 9.47 Å². The summed E-state index contributed by atoms with van der Waals surface area (Å²) < 4.78 is 11.1. The van der Waals surface area contributed by atoms with E-state index in [0.717, 1.165) is 6.42 Å². The first-order chi connectivity index (χ1) is 14.9. The maximum Gasteiger partial charge on any atom is 0.273 e. The Morgan fingerprint density at radius 2 is 1.84 bits per heavy atom. The van der Waals surface area contributed by atoms with Crippen LogP contribution in [0.1, 0.15) is 41.0 Å². The SMILES string of the molecule is C=CCOc1ccccc1C(=O)NNC(=S)NC(=O)c1cccc(OCCC(C)C)c1. The maximum absolute atomic E-state index is 12.4. The van der Waals surface area contributed by atoms with Gasteiger partial charge in [-0.1, -0.05) is 44.7 Å². The van der Waals surface area contributed by atoms with Crippen molar-refractivity contribution in [3.05, 3.63) is 72.3 Å². The molecule has 3 N–H and O–H groups in total. The van der Waals surface area contributed by atoms with Crippen LogP contribution in [0, 0.1) is 5.92 Å².